The first-order valence-electron chi connectivity index (χ1n) is 10.0. The van der Waals surface area contributed by atoms with Crippen LogP contribution in [0.3, 0.4) is 0 Å². The molecule has 2 N–H and O–H groups in total. The van der Waals surface area contributed by atoms with E-state index >= 15 is 0 Å². The van der Waals surface area contributed by atoms with Gasteiger partial charge in [-0.05, 0) is 62.1 Å². The first-order valence-corrected chi connectivity index (χ1v) is 10.0. The molecule has 0 spiro atoms. The minimum Gasteiger partial charge on any atom is -0.434 e. The lowest BCUT2D eigenvalue weighted by atomic mass is 10.0. The largest absolute Gasteiger partial charge is 0.513 e. The van der Waals surface area contributed by atoms with Crippen molar-refractivity contribution >= 4 is 18.0 Å². The number of nitrogens with one attached hydrogen (secondary N) is 2. The van der Waals surface area contributed by atoms with Gasteiger partial charge in [0.2, 0.25) is 5.91 Å². The van der Waals surface area contributed by atoms with Gasteiger partial charge in [-0.15, -0.1) is 0 Å². The number of carbonyl (C=O) groups excluding carboxylic acids is 3. The lowest BCUT2D eigenvalue weighted by molar-refractivity contribution is -0.121. The van der Waals surface area contributed by atoms with E-state index in [1.165, 1.54) is 23.3 Å². The van der Waals surface area contributed by atoms with Gasteiger partial charge in [0.15, 0.2) is 0 Å². The minimum absolute atomic E-state index is 0.00164. The third-order valence-electron chi connectivity index (χ3n) is 4.42. The van der Waals surface area contributed by atoms with Crippen molar-refractivity contribution in [2.45, 2.75) is 33.1 Å². The second kappa shape index (κ2) is 12.3. The van der Waals surface area contributed by atoms with E-state index in [-0.39, 0.29) is 18.4 Å². The highest BCUT2D eigenvalue weighted by atomic mass is 16.7. The smallest absolute Gasteiger partial charge is 0.434 e. The van der Waals surface area contributed by atoms with Gasteiger partial charge in [-0.25, -0.2) is 4.79 Å². The topological polar surface area (TPSA) is 93.7 Å². The average molecular weight is 412 g/mol. The third kappa shape index (κ3) is 7.95. The van der Waals surface area contributed by atoms with Crippen LogP contribution in [-0.4, -0.2) is 37.7 Å². The Kier molecular flexibility index (Phi) is 9.37. The van der Waals surface area contributed by atoms with Crippen LogP contribution < -0.4 is 15.4 Å². The van der Waals surface area contributed by atoms with E-state index in [1.54, 1.807) is 19.1 Å². The molecule has 2 aromatic carbocycles. The SMILES string of the molecule is CCOC(=O)Oc1ccc(C(=O)NCCCNC(=O)CCc2ccccc2C)cc1. The van der Waals surface area contributed by atoms with E-state index in [4.69, 9.17) is 4.74 Å². The Labute approximate surface area is 176 Å². The zero-order valence-electron chi connectivity index (χ0n) is 17.4. The van der Waals surface area contributed by atoms with Crippen molar-refractivity contribution < 1.29 is 23.9 Å². The van der Waals surface area contributed by atoms with Crippen molar-refractivity contribution in [1.29, 1.82) is 0 Å². The highest BCUT2D eigenvalue weighted by Gasteiger charge is 2.08. The van der Waals surface area contributed by atoms with Crippen LogP contribution in [0.25, 0.3) is 0 Å². The zero-order chi connectivity index (χ0) is 21.8. The first kappa shape index (κ1) is 22.9. The van der Waals surface area contributed by atoms with Gasteiger partial charge in [0.05, 0.1) is 6.61 Å². The number of aryl methyl sites for hydroxylation is 2. The van der Waals surface area contributed by atoms with Crippen LogP contribution in [0.1, 0.15) is 41.3 Å². The van der Waals surface area contributed by atoms with Gasteiger partial charge in [0.1, 0.15) is 5.75 Å². The number of benzene rings is 2. The fourth-order valence-electron chi connectivity index (χ4n) is 2.77. The molecule has 0 aliphatic carbocycles. The maximum absolute atomic E-state index is 12.1. The molecule has 7 nitrogen and oxygen atoms in total. The fourth-order valence-corrected chi connectivity index (χ4v) is 2.77. The van der Waals surface area contributed by atoms with Crippen LogP contribution in [0.4, 0.5) is 4.79 Å². The monoisotopic (exact) mass is 412 g/mol. The maximum Gasteiger partial charge on any atom is 0.513 e. The Bertz CT molecular complexity index is 849. The number of hydrogen-bond acceptors (Lipinski definition) is 5. The first-order chi connectivity index (χ1) is 14.5. The van der Waals surface area contributed by atoms with Gasteiger partial charge in [-0.2, -0.15) is 0 Å². The molecular formula is C23H28N2O5. The summed E-state index contributed by atoms with van der Waals surface area (Å²) in [6.45, 7) is 4.90. The van der Waals surface area contributed by atoms with E-state index in [2.05, 4.69) is 15.4 Å². The highest BCUT2D eigenvalue weighted by molar-refractivity contribution is 5.94. The molecular weight excluding hydrogens is 384 g/mol. The van der Waals surface area contributed by atoms with Crippen LogP contribution in [0.2, 0.25) is 0 Å². The predicted octanol–water partition coefficient (Wildman–Crippen LogP) is 3.40. The Morgan fingerprint density at radius 3 is 2.33 bits per heavy atom. The lowest BCUT2D eigenvalue weighted by Crippen LogP contribution is -2.30. The van der Waals surface area contributed by atoms with Crippen LogP contribution in [0.15, 0.2) is 48.5 Å². The molecule has 0 atom stereocenters. The molecule has 0 unspecified atom stereocenters. The molecule has 0 aliphatic heterocycles. The summed E-state index contributed by atoms with van der Waals surface area (Å²) in [7, 11) is 0. The van der Waals surface area contributed by atoms with Crippen LogP contribution >= 0.6 is 0 Å². The number of rotatable bonds is 10. The molecule has 0 heterocycles. The van der Waals surface area contributed by atoms with E-state index in [1.807, 2.05) is 31.2 Å². The molecule has 2 aromatic rings. The molecule has 2 amide bonds. The van der Waals surface area contributed by atoms with Crippen LogP contribution in [0, 0.1) is 6.92 Å². The molecule has 0 radical (unpaired) electrons. The predicted molar refractivity (Wildman–Crippen MR) is 114 cm³/mol. The van der Waals surface area contributed by atoms with Gasteiger partial charge in [0, 0.05) is 25.1 Å². The second-order valence-corrected chi connectivity index (χ2v) is 6.70. The third-order valence-corrected chi connectivity index (χ3v) is 4.42. The maximum atomic E-state index is 12.1. The van der Waals surface area contributed by atoms with Crippen LogP contribution in [-0.2, 0) is 16.0 Å². The van der Waals surface area contributed by atoms with Gasteiger partial charge < -0.3 is 20.1 Å². The van der Waals surface area contributed by atoms with E-state index in [9.17, 15) is 14.4 Å². The zero-order valence-corrected chi connectivity index (χ0v) is 17.4. The van der Waals surface area contributed by atoms with Crippen LogP contribution in [0.5, 0.6) is 5.75 Å². The number of amides is 2. The molecule has 0 aromatic heterocycles. The van der Waals surface area contributed by atoms with E-state index in [0.29, 0.717) is 43.7 Å². The van der Waals surface area contributed by atoms with Gasteiger partial charge in [0.25, 0.3) is 5.91 Å². The summed E-state index contributed by atoms with van der Waals surface area (Å²) in [6, 6.07) is 14.2. The summed E-state index contributed by atoms with van der Waals surface area (Å²) in [5.41, 5.74) is 2.82. The molecule has 0 aliphatic rings. The molecule has 0 saturated carbocycles. The quantitative estimate of drug-likeness (QED) is 0.354. The fraction of sp³-hybridized carbons (Fsp3) is 0.348. The van der Waals surface area contributed by atoms with E-state index < -0.39 is 6.16 Å². The number of carbonyl (C=O) groups is 3. The van der Waals surface area contributed by atoms with Crippen molar-refractivity contribution in [2.75, 3.05) is 19.7 Å². The van der Waals surface area contributed by atoms with E-state index in [0.717, 1.165) is 0 Å². The molecule has 160 valence electrons. The molecule has 0 bridgehead atoms. The van der Waals surface area contributed by atoms with Crippen molar-refractivity contribution in [2.24, 2.45) is 0 Å². The Morgan fingerprint density at radius 2 is 1.63 bits per heavy atom. The summed E-state index contributed by atoms with van der Waals surface area (Å²) in [4.78, 5) is 35.3. The Hall–Kier alpha value is -3.35. The summed E-state index contributed by atoms with van der Waals surface area (Å²) >= 11 is 0. The molecule has 30 heavy (non-hydrogen) atoms. The van der Waals surface area contributed by atoms with Crippen molar-refractivity contribution in [3.8, 4) is 5.75 Å². The van der Waals surface area contributed by atoms with Crippen molar-refractivity contribution in [3.05, 3.63) is 65.2 Å². The number of hydrogen-bond donors (Lipinski definition) is 2. The standard InChI is InChI=1S/C23H28N2O5/c1-3-29-23(28)30-20-12-9-19(10-13-20)22(27)25-16-6-15-24-21(26)14-11-18-8-5-4-7-17(18)2/h4-5,7-10,12-13H,3,6,11,14-16H2,1-2H3,(H,24,26)(H,25,27). The minimum atomic E-state index is -0.782. The molecule has 0 saturated heterocycles. The van der Waals surface area contributed by atoms with Crippen molar-refractivity contribution in [1.82, 2.24) is 10.6 Å². The average Bonchev–Trinajstić information content (AvgIpc) is 2.73. The summed E-state index contributed by atoms with van der Waals surface area (Å²) in [6.07, 6.45) is 1.00. The number of ether oxygens (including phenoxy) is 2. The Balaban J connectivity index is 1.62. The summed E-state index contributed by atoms with van der Waals surface area (Å²) in [5, 5.41) is 5.67. The van der Waals surface area contributed by atoms with Gasteiger partial charge in [-0.3, -0.25) is 9.59 Å². The lowest BCUT2D eigenvalue weighted by Gasteiger charge is -2.08. The molecule has 7 heteroatoms. The molecule has 0 fully saturated rings. The highest BCUT2D eigenvalue weighted by Crippen LogP contribution is 2.13. The summed E-state index contributed by atoms with van der Waals surface area (Å²) in [5.74, 6) is 0.0729. The normalized spacial score (nSPS) is 10.2. The van der Waals surface area contributed by atoms with Crippen molar-refractivity contribution in [3.63, 3.8) is 0 Å². The Morgan fingerprint density at radius 1 is 0.933 bits per heavy atom. The second-order valence-electron chi connectivity index (χ2n) is 6.70. The van der Waals surface area contributed by atoms with Gasteiger partial charge >= 0.3 is 6.16 Å². The summed E-state index contributed by atoms with van der Waals surface area (Å²) < 4.78 is 9.64. The van der Waals surface area contributed by atoms with Gasteiger partial charge in [-0.1, -0.05) is 24.3 Å². The molecule has 2 rings (SSSR count).